The molecule has 0 fully saturated rings. The van der Waals surface area contributed by atoms with E-state index in [9.17, 15) is 0 Å². The maximum Gasteiger partial charge on any atom is 0.180 e. The van der Waals surface area contributed by atoms with E-state index in [1.165, 1.54) is 63.6 Å². The van der Waals surface area contributed by atoms with Crippen LogP contribution in [0.3, 0.4) is 0 Å². The first-order valence-electron chi connectivity index (χ1n) is 18.9. The first-order chi connectivity index (χ1) is 27.7. The van der Waals surface area contributed by atoms with Gasteiger partial charge in [0.25, 0.3) is 0 Å². The molecular weight excluding hydrogens is 701 g/mol. The Bertz CT molecular complexity index is 3540. The second-order valence-corrected chi connectivity index (χ2v) is 15.5. The predicted octanol–water partition coefficient (Wildman–Crippen LogP) is 14.9. The van der Waals surface area contributed by atoms with Crippen LogP contribution >= 0.6 is 11.3 Å². The monoisotopic (exact) mass is 730 g/mol. The molecule has 0 spiro atoms. The summed E-state index contributed by atoms with van der Waals surface area (Å²) in [6, 6.07) is 65.2. The second kappa shape index (κ2) is 12.2. The molecular formula is C52H30N2OS. The SMILES string of the molecule is c1ccc(-c2nc(-c3cc(-c4cccc(-c5ccc6c(c5)sc5ccccc56)c4)c4c5ccccc5c5ccccc5c4c3)nc3c2oc2ccccc23)cc1. The Balaban J connectivity index is 1.15. The molecule has 0 unspecified atom stereocenters. The lowest BCUT2D eigenvalue weighted by atomic mass is 9.87. The molecule has 0 atom stereocenters. The zero-order valence-electron chi connectivity index (χ0n) is 30.0. The van der Waals surface area contributed by atoms with Gasteiger partial charge in [0.05, 0.1) is 0 Å². The van der Waals surface area contributed by atoms with Crippen LogP contribution in [0, 0.1) is 0 Å². The first-order valence-corrected chi connectivity index (χ1v) is 19.7. The number of nitrogens with zero attached hydrogens (tertiary/aromatic N) is 2. The number of hydrogen-bond donors (Lipinski definition) is 0. The topological polar surface area (TPSA) is 38.9 Å². The second-order valence-electron chi connectivity index (χ2n) is 14.5. The molecule has 3 nitrogen and oxygen atoms in total. The van der Waals surface area contributed by atoms with Crippen LogP contribution in [0.4, 0.5) is 0 Å². The molecule has 56 heavy (non-hydrogen) atoms. The van der Waals surface area contributed by atoms with Crippen LogP contribution in [0.15, 0.2) is 186 Å². The maximum absolute atomic E-state index is 6.47. The predicted molar refractivity (Wildman–Crippen MR) is 236 cm³/mol. The van der Waals surface area contributed by atoms with Gasteiger partial charge >= 0.3 is 0 Å². The Morgan fingerprint density at radius 3 is 1.84 bits per heavy atom. The van der Waals surface area contributed by atoms with Crippen LogP contribution in [0.2, 0.25) is 0 Å². The lowest BCUT2D eigenvalue weighted by molar-refractivity contribution is 0.667. The van der Waals surface area contributed by atoms with E-state index in [-0.39, 0.29) is 0 Å². The van der Waals surface area contributed by atoms with Crippen molar-refractivity contribution in [3.05, 3.63) is 182 Å². The van der Waals surface area contributed by atoms with Gasteiger partial charge in [0.15, 0.2) is 11.4 Å². The largest absolute Gasteiger partial charge is 0.452 e. The van der Waals surface area contributed by atoms with Gasteiger partial charge in [0, 0.05) is 36.7 Å². The number of furan rings is 1. The Labute approximate surface area is 325 Å². The number of benzene rings is 9. The number of hydrogen-bond acceptors (Lipinski definition) is 4. The van der Waals surface area contributed by atoms with E-state index >= 15 is 0 Å². The average Bonchev–Trinajstić information content (AvgIpc) is 3.84. The van der Waals surface area contributed by atoms with Crippen LogP contribution < -0.4 is 0 Å². The summed E-state index contributed by atoms with van der Waals surface area (Å²) in [6.45, 7) is 0. The van der Waals surface area contributed by atoms with Gasteiger partial charge in [-0.25, -0.2) is 9.97 Å². The zero-order valence-corrected chi connectivity index (χ0v) is 30.8. The normalized spacial score (nSPS) is 11.9. The minimum Gasteiger partial charge on any atom is -0.452 e. The Hall–Kier alpha value is -7.14. The van der Waals surface area contributed by atoms with Crippen LogP contribution in [0.5, 0.6) is 0 Å². The summed E-state index contributed by atoms with van der Waals surface area (Å²) < 4.78 is 9.09. The fourth-order valence-electron chi connectivity index (χ4n) is 8.67. The number of para-hydroxylation sites is 1. The van der Waals surface area contributed by atoms with Crippen molar-refractivity contribution in [1.82, 2.24) is 9.97 Å². The van der Waals surface area contributed by atoms with Crippen molar-refractivity contribution in [2.75, 3.05) is 0 Å². The molecule has 0 radical (unpaired) electrons. The van der Waals surface area contributed by atoms with Gasteiger partial charge < -0.3 is 4.42 Å². The van der Waals surface area contributed by atoms with Crippen molar-refractivity contribution in [3.63, 3.8) is 0 Å². The molecule has 0 aliphatic heterocycles. The number of aromatic nitrogens is 2. The summed E-state index contributed by atoms with van der Waals surface area (Å²) >= 11 is 1.86. The van der Waals surface area contributed by atoms with Crippen LogP contribution in [-0.4, -0.2) is 9.97 Å². The third-order valence-corrected chi connectivity index (χ3v) is 12.4. The van der Waals surface area contributed by atoms with Gasteiger partial charge in [-0.1, -0.05) is 140 Å². The molecule has 3 heterocycles. The van der Waals surface area contributed by atoms with Gasteiger partial charge in [0.2, 0.25) is 0 Å². The summed E-state index contributed by atoms with van der Waals surface area (Å²) in [7, 11) is 0. The van der Waals surface area contributed by atoms with E-state index in [0.29, 0.717) is 11.4 Å². The highest BCUT2D eigenvalue weighted by atomic mass is 32.1. The molecule has 3 aromatic heterocycles. The summed E-state index contributed by atoms with van der Waals surface area (Å²) in [6.07, 6.45) is 0. The van der Waals surface area contributed by atoms with E-state index in [0.717, 1.165) is 44.4 Å². The molecule has 0 amide bonds. The lowest BCUT2D eigenvalue weighted by Crippen LogP contribution is -1.96. The van der Waals surface area contributed by atoms with Gasteiger partial charge in [-0.05, 0) is 97.0 Å². The van der Waals surface area contributed by atoms with Crippen molar-refractivity contribution < 1.29 is 4.42 Å². The van der Waals surface area contributed by atoms with Gasteiger partial charge in [-0.2, -0.15) is 0 Å². The van der Waals surface area contributed by atoms with E-state index in [2.05, 4.69) is 146 Å². The molecule has 0 N–H and O–H groups in total. The minimum absolute atomic E-state index is 0.662. The van der Waals surface area contributed by atoms with E-state index in [1.807, 2.05) is 47.7 Å². The van der Waals surface area contributed by atoms with E-state index in [4.69, 9.17) is 14.4 Å². The highest BCUT2D eigenvalue weighted by molar-refractivity contribution is 7.25. The molecule has 0 aliphatic rings. The molecule has 9 aromatic carbocycles. The first kappa shape index (κ1) is 31.2. The molecule has 260 valence electrons. The highest BCUT2D eigenvalue weighted by Gasteiger charge is 2.21. The van der Waals surface area contributed by atoms with Crippen LogP contribution in [0.1, 0.15) is 0 Å². The Morgan fingerprint density at radius 1 is 0.375 bits per heavy atom. The maximum atomic E-state index is 6.47. The van der Waals surface area contributed by atoms with E-state index in [1.54, 1.807) is 0 Å². The zero-order chi connectivity index (χ0) is 36.7. The summed E-state index contributed by atoms with van der Waals surface area (Å²) in [5.74, 6) is 0.662. The van der Waals surface area contributed by atoms with Crippen molar-refractivity contribution in [2.45, 2.75) is 0 Å². The van der Waals surface area contributed by atoms with Gasteiger partial charge in [-0.3, -0.25) is 0 Å². The fourth-order valence-corrected chi connectivity index (χ4v) is 9.82. The van der Waals surface area contributed by atoms with Crippen LogP contribution in [0.25, 0.3) is 119 Å². The molecule has 0 bridgehead atoms. The number of thiophene rings is 1. The number of fused-ring (bicyclic) bond motifs is 12. The van der Waals surface area contributed by atoms with E-state index < -0.39 is 0 Å². The molecule has 0 saturated heterocycles. The van der Waals surface area contributed by atoms with Crippen molar-refractivity contribution in [2.24, 2.45) is 0 Å². The minimum atomic E-state index is 0.662. The summed E-state index contributed by atoms with van der Waals surface area (Å²) in [5, 5.41) is 10.9. The quantitative estimate of drug-likeness (QED) is 0.169. The average molecular weight is 731 g/mol. The van der Waals surface area contributed by atoms with Gasteiger partial charge in [-0.15, -0.1) is 11.3 Å². The number of rotatable bonds is 4. The summed E-state index contributed by atoms with van der Waals surface area (Å²) in [5.41, 5.74) is 9.70. The van der Waals surface area contributed by atoms with Crippen molar-refractivity contribution in [1.29, 1.82) is 0 Å². The van der Waals surface area contributed by atoms with Crippen molar-refractivity contribution >= 4 is 85.9 Å². The lowest BCUT2D eigenvalue weighted by Gasteiger charge is -2.17. The molecule has 0 saturated carbocycles. The molecule has 0 aliphatic carbocycles. The molecule has 4 heteroatoms. The highest BCUT2D eigenvalue weighted by Crippen LogP contribution is 2.45. The molecule has 12 aromatic rings. The third-order valence-electron chi connectivity index (χ3n) is 11.3. The third kappa shape index (κ3) is 4.76. The molecule has 12 rings (SSSR count). The smallest absolute Gasteiger partial charge is 0.180 e. The van der Waals surface area contributed by atoms with Gasteiger partial charge in [0.1, 0.15) is 16.8 Å². The summed E-state index contributed by atoms with van der Waals surface area (Å²) in [4.78, 5) is 10.6. The van der Waals surface area contributed by atoms with Crippen LogP contribution in [-0.2, 0) is 0 Å². The standard InChI is InChI=1S/C52H30N2OS/c1-2-13-31(14-3-1)49-51-50(42-22-8-10-23-45(42)55-51)54-52(53-49)35-28-43(48-41-21-7-6-18-37(41)36-17-4-5-19-38(36)44(48)29-35)34-16-12-15-32(27-34)33-25-26-40-39-20-9-11-24-46(39)56-47(40)30-33/h1-30H. The Morgan fingerprint density at radius 2 is 1.00 bits per heavy atom. The fraction of sp³-hybridized carbons (Fsp3) is 0. The Kier molecular flexibility index (Phi) is 6.80. The van der Waals surface area contributed by atoms with Crippen molar-refractivity contribution in [3.8, 4) is 44.9 Å².